The number of para-hydroxylation sites is 1. The van der Waals surface area contributed by atoms with Gasteiger partial charge in [-0.1, -0.05) is 41.4 Å². The standard InChI is InChI=1S/C14H9Cl2IO2/c15-11-2-1-3-12(16)14(11)19-8-13(18)9-4-6-10(17)7-5-9/h1-7H,8H2. The van der Waals surface area contributed by atoms with Gasteiger partial charge in [-0.2, -0.15) is 0 Å². The summed E-state index contributed by atoms with van der Waals surface area (Å²) in [6.45, 7) is -0.0932. The lowest BCUT2D eigenvalue weighted by Crippen LogP contribution is -2.11. The van der Waals surface area contributed by atoms with Crippen molar-refractivity contribution in [2.24, 2.45) is 0 Å². The van der Waals surface area contributed by atoms with E-state index in [4.69, 9.17) is 27.9 Å². The Morgan fingerprint density at radius 1 is 1.05 bits per heavy atom. The minimum Gasteiger partial charge on any atom is -0.482 e. The molecule has 2 aromatic rings. The third-order valence-electron chi connectivity index (χ3n) is 2.43. The highest BCUT2D eigenvalue weighted by Crippen LogP contribution is 2.32. The fraction of sp³-hybridized carbons (Fsp3) is 0.0714. The van der Waals surface area contributed by atoms with Crippen LogP contribution < -0.4 is 4.74 Å². The highest BCUT2D eigenvalue weighted by atomic mass is 127. The Bertz CT molecular complexity index is 577. The summed E-state index contributed by atoms with van der Waals surface area (Å²) in [6, 6.07) is 12.3. The highest BCUT2D eigenvalue weighted by Gasteiger charge is 2.11. The maximum atomic E-state index is 11.9. The zero-order valence-corrected chi connectivity index (χ0v) is 13.4. The van der Waals surface area contributed by atoms with Crippen LogP contribution in [0, 0.1) is 3.57 Å². The summed E-state index contributed by atoms with van der Waals surface area (Å²) >= 11 is 14.1. The number of halogens is 3. The molecule has 2 aromatic carbocycles. The molecule has 0 fully saturated rings. The Morgan fingerprint density at radius 3 is 2.21 bits per heavy atom. The van der Waals surface area contributed by atoms with Crippen molar-refractivity contribution in [2.45, 2.75) is 0 Å². The van der Waals surface area contributed by atoms with Crippen LogP contribution in [0.1, 0.15) is 10.4 Å². The second-order valence-corrected chi connectivity index (χ2v) is 5.83. The first-order chi connectivity index (χ1) is 9.08. The number of ketones is 1. The first-order valence-electron chi connectivity index (χ1n) is 5.43. The van der Waals surface area contributed by atoms with Crippen LogP contribution in [0.25, 0.3) is 0 Å². The van der Waals surface area contributed by atoms with E-state index in [-0.39, 0.29) is 12.4 Å². The Hall–Kier alpha value is -0.780. The van der Waals surface area contributed by atoms with Gasteiger partial charge in [0, 0.05) is 9.13 Å². The van der Waals surface area contributed by atoms with Crippen molar-refractivity contribution in [1.82, 2.24) is 0 Å². The predicted octanol–water partition coefficient (Wildman–Crippen LogP) is 4.86. The molecule has 0 unspecified atom stereocenters. The van der Waals surface area contributed by atoms with Crippen molar-refractivity contribution in [3.63, 3.8) is 0 Å². The van der Waals surface area contributed by atoms with Gasteiger partial charge in [0.1, 0.15) is 0 Å². The molecule has 19 heavy (non-hydrogen) atoms. The van der Waals surface area contributed by atoms with Crippen molar-refractivity contribution in [3.8, 4) is 5.75 Å². The van der Waals surface area contributed by atoms with Crippen LogP contribution in [-0.2, 0) is 0 Å². The molecule has 0 N–H and O–H groups in total. The predicted molar refractivity (Wildman–Crippen MR) is 85.4 cm³/mol. The average molecular weight is 407 g/mol. The molecule has 0 spiro atoms. The molecule has 0 aliphatic carbocycles. The van der Waals surface area contributed by atoms with E-state index in [0.717, 1.165) is 3.57 Å². The lowest BCUT2D eigenvalue weighted by molar-refractivity contribution is 0.0921. The van der Waals surface area contributed by atoms with E-state index in [0.29, 0.717) is 21.4 Å². The number of hydrogen-bond acceptors (Lipinski definition) is 2. The van der Waals surface area contributed by atoms with E-state index >= 15 is 0 Å². The number of carbonyl (C=O) groups excluding carboxylic acids is 1. The van der Waals surface area contributed by atoms with E-state index < -0.39 is 0 Å². The number of rotatable bonds is 4. The van der Waals surface area contributed by atoms with E-state index in [1.807, 2.05) is 12.1 Å². The summed E-state index contributed by atoms with van der Waals surface area (Å²) in [4.78, 5) is 11.9. The van der Waals surface area contributed by atoms with Gasteiger partial charge in [0.15, 0.2) is 18.1 Å². The molecule has 2 rings (SSSR count). The highest BCUT2D eigenvalue weighted by molar-refractivity contribution is 14.1. The maximum absolute atomic E-state index is 11.9. The largest absolute Gasteiger partial charge is 0.482 e. The van der Waals surface area contributed by atoms with Gasteiger partial charge in [-0.15, -0.1) is 0 Å². The zero-order chi connectivity index (χ0) is 13.8. The number of Topliss-reactive ketones (excluding diaryl/α,β-unsaturated/α-hetero) is 1. The molecule has 0 heterocycles. The van der Waals surface area contributed by atoms with Gasteiger partial charge in [0.25, 0.3) is 0 Å². The van der Waals surface area contributed by atoms with Crippen molar-refractivity contribution >= 4 is 51.6 Å². The lowest BCUT2D eigenvalue weighted by Gasteiger charge is -2.09. The zero-order valence-electron chi connectivity index (χ0n) is 9.70. The summed E-state index contributed by atoms with van der Waals surface area (Å²) in [7, 11) is 0. The minimum absolute atomic E-state index is 0.0932. The van der Waals surface area contributed by atoms with E-state index in [1.165, 1.54) is 0 Å². The number of carbonyl (C=O) groups is 1. The number of hydrogen-bond donors (Lipinski definition) is 0. The molecule has 0 atom stereocenters. The molecule has 0 aliphatic rings. The van der Waals surface area contributed by atoms with Crippen molar-refractivity contribution < 1.29 is 9.53 Å². The van der Waals surface area contributed by atoms with Gasteiger partial charge in [-0.3, -0.25) is 4.79 Å². The summed E-state index contributed by atoms with van der Waals surface area (Å²) in [5, 5.41) is 0.783. The van der Waals surface area contributed by atoms with Gasteiger partial charge < -0.3 is 4.74 Å². The molecule has 0 aliphatic heterocycles. The Morgan fingerprint density at radius 2 is 1.63 bits per heavy atom. The SMILES string of the molecule is O=C(COc1c(Cl)cccc1Cl)c1ccc(I)cc1. The molecule has 5 heteroatoms. The molecular weight excluding hydrogens is 398 g/mol. The Kier molecular flexibility index (Phi) is 5.07. The summed E-state index contributed by atoms with van der Waals surface area (Å²) in [5.41, 5.74) is 0.601. The fourth-order valence-electron chi connectivity index (χ4n) is 1.48. The number of benzene rings is 2. The van der Waals surface area contributed by atoms with Crippen molar-refractivity contribution in [2.75, 3.05) is 6.61 Å². The molecule has 0 saturated heterocycles. The van der Waals surface area contributed by atoms with Gasteiger partial charge >= 0.3 is 0 Å². The topological polar surface area (TPSA) is 26.3 Å². The van der Waals surface area contributed by atoms with E-state index in [2.05, 4.69) is 22.6 Å². The molecule has 0 radical (unpaired) electrons. The van der Waals surface area contributed by atoms with Gasteiger partial charge in [-0.25, -0.2) is 0 Å². The third-order valence-corrected chi connectivity index (χ3v) is 3.75. The fourth-order valence-corrected chi connectivity index (χ4v) is 2.34. The first kappa shape index (κ1) is 14.6. The summed E-state index contributed by atoms with van der Waals surface area (Å²) in [6.07, 6.45) is 0. The molecule has 0 bridgehead atoms. The van der Waals surface area contributed by atoms with Gasteiger partial charge in [0.05, 0.1) is 10.0 Å². The van der Waals surface area contributed by atoms with Gasteiger partial charge in [-0.05, 0) is 46.9 Å². The van der Waals surface area contributed by atoms with Crippen LogP contribution in [-0.4, -0.2) is 12.4 Å². The van der Waals surface area contributed by atoms with Gasteiger partial charge in [0.2, 0.25) is 0 Å². The summed E-state index contributed by atoms with van der Waals surface area (Å²) < 4.78 is 6.47. The number of ether oxygens (including phenoxy) is 1. The van der Waals surface area contributed by atoms with Crippen LogP contribution in [0.4, 0.5) is 0 Å². The Balaban J connectivity index is 2.06. The van der Waals surface area contributed by atoms with Crippen molar-refractivity contribution in [1.29, 1.82) is 0 Å². The van der Waals surface area contributed by atoms with E-state index in [9.17, 15) is 4.79 Å². The molecule has 98 valence electrons. The quantitative estimate of drug-likeness (QED) is 0.535. The first-order valence-corrected chi connectivity index (χ1v) is 7.27. The monoisotopic (exact) mass is 406 g/mol. The van der Waals surface area contributed by atoms with Crippen LogP contribution >= 0.6 is 45.8 Å². The van der Waals surface area contributed by atoms with Crippen LogP contribution in [0.15, 0.2) is 42.5 Å². The molecular formula is C14H9Cl2IO2. The van der Waals surface area contributed by atoms with Crippen LogP contribution in [0.2, 0.25) is 10.0 Å². The Labute approximate surface area is 134 Å². The van der Waals surface area contributed by atoms with E-state index in [1.54, 1.807) is 30.3 Å². The normalized spacial score (nSPS) is 10.3. The third kappa shape index (κ3) is 3.84. The van der Waals surface area contributed by atoms with Crippen molar-refractivity contribution in [3.05, 3.63) is 61.6 Å². The molecule has 0 aromatic heterocycles. The minimum atomic E-state index is -0.118. The molecule has 0 amide bonds. The molecule has 2 nitrogen and oxygen atoms in total. The second kappa shape index (κ2) is 6.59. The van der Waals surface area contributed by atoms with Crippen LogP contribution in [0.3, 0.4) is 0 Å². The second-order valence-electron chi connectivity index (χ2n) is 3.77. The molecule has 0 saturated carbocycles. The average Bonchev–Trinajstić information content (AvgIpc) is 2.38. The maximum Gasteiger partial charge on any atom is 0.200 e. The summed E-state index contributed by atoms with van der Waals surface area (Å²) in [5.74, 6) is 0.220. The van der Waals surface area contributed by atoms with Crippen LogP contribution in [0.5, 0.6) is 5.75 Å². The smallest absolute Gasteiger partial charge is 0.200 e. The lowest BCUT2D eigenvalue weighted by atomic mass is 10.1.